The summed E-state index contributed by atoms with van der Waals surface area (Å²) in [6.07, 6.45) is 2.16. The van der Waals surface area contributed by atoms with Gasteiger partial charge in [0.1, 0.15) is 0 Å². The Balaban J connectivity index is 1.69. The zero-order chi connectivity index (χ0) is 19.4. The molecule has 1 aliphatic heterocycles. The molecule has 1 heterocycles. The first-order valence-corrected chi connectivity index (χ1v) is 9.46. The first-order valence-electron chi connectivity index (χ1n) is 9.46. The van der Waals surface area contributed by atoms with E-state index in [0.29, 0.717) is 10.8 Å². The van der Waals surface area contributed by atoms with Crippen LogP contribution in [0.4, 0.5) is 8.78 Å². The molecule has 27 heavy (non-hydrogen) atoms. The zero-order valence-electron chi connectivity index (χ0n) is 16.0. The van der Waals surface area contributed by atoms with E-state index in [-0.39, 0.29) is 10.8 Å². The highest BCUT2D eigenvalue weighted by Gasteiger charge is 2.68. The number of halogens is 2. The predicted molar refractivity (Wildman–Crippen MR) is 100 cm³/mol. The molecule has 2 aromatic carbocycles. The maximum atomic E-state index is 14.8. The van der Waals surface area contributed by atoms with Gasteiger partial charge in [-0.25, -0.2) is 8.78 Å². The minimum atomic E-state index is -0.882. The number of rotatable bonds is 2. The van der Waals surface area contributed by atoms with Crippen LogP contribution in [0.5, 0.6) is 0 Å². The third-order valence-corrected chi connectivity index (χ3v) is 7.16. The van der Waals surface area contributed by atoms with Crippen LogP contribution in [0.3, 0.4) is 0 Å². The van der Waals surface area contributed by atoms with Gasteiger partial charge in [0.2, 0.25) is 0 Å². The van der Waals surface area contributed by atoms with E-state index in [1.54, 1.807) is 6.07 Å². The van der Waals surface area contributed by atoms with Crippen LogP contribution in [0, 0.1) is 11.6 Å². The monoisotopic (exact) mass is 372 g/mol. The Bertz CT molecular complexity index is 949. The number of hydrogen-bond acceptors (Lipinski definition) is 3. The minimum absolute atomic E-state index is 0.0633. The first-order chi connectivity index (χ1) is 12.5. The van der Waals surface area contributed by atoms with Crippen molar-refractivity contribution in [2.75, 3.05) is 0 Å². The van der Waals surface area contributed by atoms with E-state index in [4.69, 9.17) is 9.31 Å². The molecule has 4 fully saturated rings. The molecule has 142 valence electrons. The number of aliphatic hydroxyl groups is 1. The summed E-state index contributed by atoms with van der Waals surface area (Å²) in [5.74, 6) is -1.76. The van der Waals surface area contributed by atoms with Gasteiger partial charge in [0.15, 0.2) is 11.6 Å². The van der Waals surface area contributed by atoms with Gasteiger partial charge in [0.25, 0.3) is 0 Å². The largest absolute Gasteiger partial charge is 0.495 e. The first kappa shape index (κ1) is 17.6. The van der Waals surface area contributed by atoms with E-state index in [2.05, 4.69) is 0 Å². The average Bonchev–Trinajstić information content (AvgIpc) is 2.74. The van der Waals surface area contributed by atoms with Crippen molar-refractivity contribution in [1.29, 1.82) is 0 Å². The summed E-state index contributed by atoms with van der Waals surface area (Å²) < 4.78 is 41.1. The molecule has 3 aliphatic carbocycles. The highest BCUT2D eigenvalue weighted by molar-refractivity contribution is 6.65. The summed E-state index contributed by atoms with van der Waals surface area (Å²) in [6.45, 7) is 7.75. The summed E-state index contributed by atoms with van der Waals surface area (Å²) in [4.78, 5) is 0. The Morgan fingerprint density at radius 2 is 1.56 bits per heavy atom. The summed E-state index contributed by atoms with van der Waals surface area (Å²) >= 11 is 0. The predicted octanol–water partition coefficient (Wildman–Crippen LogP) is 3.58. The van der Waals surface area contributed by atoms with Gasteiger partial charge in [-0.05, 0) is 69.4 Å². The smallest absolute Gasteiger partial charge is 0.399 e. The lowest BCUT2D eigenvalue weighted by molar-refractivity contribution is -0.213. The second-order valence-corrected chi connectivity index (χ2v) is 9.65. The number of hydrogen-bond donors (Lipinski definition) is 1. The van der Waals surface area contributed by atoms with Crippen molar-refractivity contribution in [3.8, 4) is 0 Å². The second-order valence-electron chi connectivity index (χ2n) is 9.65. The fourth-order valence-electron chi connectivity index (χ4n) is 4.93. The molecule has 2 aromatic rings. The van der Waals surface area contributed by atoms with E-state index >= 15 is 0 Å². The van der Waals surface area contributed by atoms with Crippen molar-refractivity contribution in [3.63, 3.8) is 0 Å². The van der Waals surface area contributed by atoms with Gasteiger partial charge in [0, 0.05) is 10.8 Å². The average molecular weight is 372 g/mol. The van der Waals surface area contributed by atoms with Crippen LogP contribution in [-0.4, -0.2) is 29.0 Å². The Hall–Kier alpha value is -1.50. The molecular weight excluding hydrogens is 349 g/mol. The van der Waals surface area contributed by atoms with Gasteiger partial charge >= 0.3 is 7.12 Å². The minimum Gasteiger partial charge on any atom is -0.399 e. The normalized spacial score (nSPS) is 33.1. The van der Waals surface area contributed by atoms with Crippen LogP contribution in [0.15, 0.2) is 24.3 Å². The third kappa shape index (κ3) is 2.24. The summed E-state index contributed by atoms with van der Waals surface area (Å²) in [5.41, 5.74) is -0.180. The molecule has 2 bridgehead atoms. The molecule has 3 nitrogen and oxygen atoms in total. The standard InChI is InChI=1S/C21H23BF2O3/c1-18(2)19(3,4)27-22(26-18)14-8-13(20-9-21(25,10-20)11-20)7-12-5-6-15(23)17(24)16(12)14/h5-8,25H,9-11H2,1-4H3. The highest BCUT2D eigenvalue weighted by atomic mass is 19.2. The molecule has 0 radical (unpaired) electrons. The summed E-state index contributed by atoms with van der Waals surface area (Å²) in [6, 6.07) is 6.58. The molecule has 3 saturated carbocycles. The lowest BCUT2D eigenvalue weighted by Crippen LogP contribution is -2.69. The van der Waals surface area contributed by atoms with E-state index < -0.39 is 35.6 Å². The van der Waals surface area contributed by atoms with Gasteiger partial charge in [-0.1, -0.05) is 18.2 Å². The Kier molecular flexibility index (Phi) is 3.20. The molecule has 0 aromatic heterocycles. The van der Waals surface area contributed by atoms with Crippen LogP contribution >= 0.6 is 0 Å². The summed E-state index contributed by atoms with van der Waals surface area (Å²) in [7, 11) is -0.774. The lowest BCUT2D eigenvalue weighted by Gasteiger charge is -2.68. The summed E-state index contributed by atoms with van der Waals surface area (Å²) in [5, 5.41) is 11.0. The Morgan fingerprint density at radius 1 is 0.963 bits per heavy atom. The van der Waals surface area contributed by atoms with E-state index in [0.717, 1.165) is 30.9 Å². The SMILES string of the molecule is CC1(C)OB(c2cc(C34CC(O)(C3)C4)cc3ccc(F)c(F)c23)OC1(C)C. The van der Waals surface area contributed by atoms with Gasteiger partial charge in [-0.15, -0.1) is 0 Å². The zero-order valence-corrected chi connectivity index (χ0v) is 16.0. The van der Waals surface area contributed by atoms with Gasteiger partial charge in [-0.3, -0.25) is 0 Å². The molecular formula is C21H23BF2O3. The molecule has 1 N–H and O–H groups in total. The molecule has 0 spiro atoms. The van der Waals surface area contributed by atoms with Crippen molar-refractivity contribution in [1.82, 2.24) is 0 Å². The fourth-order valence-corrected chi connectivity index (χ4v) is 4.93. The molecule has 0 amide bonds. The van der Waals surface area contributed by atoms with Crippen LogP contribution in [0.1, 0.15) is 52.5 Å². The van der Waals surface area contributed by atoms with Crippen molar-refractivity contribution < 1.29 is 23.2 Å². The van der Waals surface area contributed by atoms with Crippen molar-refractivity contribution in [2.24, 2.45) is 0 Å². The molecule has 6 heteroatoms. The lowest BCUT2D eigenvalue weighted by atomic mass is 9.39. The maximum Gasteiger partial charge on any atom is 0.495 e. The maximum absolute atomic E-state index is 14.8. The van der Waals surface area contributed by atoms with Crippen LogP contribution < -0.4 is 5.46 Å². The van der Waals surface area contributed by atoms with E-state index in [9.17, 15) is 13.9 Å². The quantitative estimate of drug-likeness (QED) is 0.819. The van der Waals surface area contributed by atoms with E-state index in [1.807, 2.05) is 39.8 Å². The van der Waals surface area contributed by atoms with Crippen molar-refractivity contribution in [3.05, 3.63) is 41.5 Å². The molecule has 0 atom stereocenters. The van der Waals surface area contributed by atoms with Crippen LogP contribution in [0.2, 0.25) is 0 Å². The van der Waals surface area contributed by atoms with E-state index in [1.165, 1.54) is 0 Å². The molecule has 0 unspecified atom stereocenters. The van der Waals surface area contributed by atoms with Crippen LogP contribution in [0.25, 0.3) is 10.8 Å². The second kappa shape index (κ2) is 4.91. The highest BCUT2D eigenvalue weighted by Crippen LogP contribution is 2.67. The molecule has 4 aliphatic rings. The van der Waals surface area contributed by atoms with Crippen molar-refractivity contribution >= 4 is 23.4 Å². The van der Waals surface area contributed by atoms with Crippen LogP contribution in [-0.2, 0) is 14.7 Å². The van der Waals surface area contributed by atoms with Gasteiger partial charge < -0.3 is 14.4 Å². The third-order valence-electron chi connectivity index (χ3n) is 7.16. The van der Waals surface area contributed by atoms with Gasteiger partial charge in [0.05, 0.1) is 16.8 Å². The number of benzene rings is 2. The Labute approximate surface area is 157 Å². The number of fused-ring (bicyclic) bond motifs is 1. The molecule has 6 rings (SSSR count). The van der Waals surface area contributed by atoms with Gasteiger partial charge in [-0.2, -0.15) is 0 Å². The Morgan fingerprint density at radius 3 is 2.11 bits per heavy atom. The topological polar surface area (TPSA) is 38.7 Å². The van der Waals surface area contributed by atoms with Crippen molar-refractivity contribution in [2.45, 2.75) is 69.2 Å². The molecule has 1 saturated heterocycles. The fraction of sp³-hybridized carbons (Fsp3) is 0.524.